The second-order valence-electron chi connectivity index (χ2n) is 6.51. The number of benzene rings is 1. The minimum atomic E-state index is -0.172. The zero-order valence-corrected chi connectivity index (χ0v) is 13.7. The van der Waals surface area contributed by atoms with Crippen LogP contribution in [-0.4, -0.2) is 49.4 Å². The van der Waals surface area contributed by atoms with E-state index < -0.39 is 0 Å². The number of anilines is 1. The molecule has 0 spiro atoms. The van der Waals surface area contributed by atoms with Crippen LogP contribution in [0.5, 0.6) is 0 Å². The third-order valence-electron chi connectivity index (χ3n) is 4.94. The van der Waals surface area contributed by atoms with Crippen LogP contribution < -0.4 is 10.2 Å². The van der Waals surface area contributed by atoms with E-state index in [0.29, 0.717) is 32.0 Å². The third-order valence-corrected chi connectivity index (χ3v) is 4.94. The zero-order valence-electron chi connectivity index (χ0n) is 13.7. The van der Waals surface area contributed by atoms with Crippen molar-refractivity contribution in [2.75, 3.05) is 37.6 Å². The molecule has 1 aromatic rings. The van der Waals surface area contributed by atoms with Gasteiger partial charge in [-0.25, -0.2) is 0 Å². The Morgan fingerprint density at radius 2 is 2.04 bits per heavy atom. The van der Waals surface area contributed by atoms with E-state index in [1.807, 2.05) is 13.0 Å². The van der Waals surface area contributed by atoms with Crippen molar-refractivity contribution < 1.29 is 9.59 Å². The fourth-order valence-corrected chi connectivity index (χ4v) is 3.52. The van der Waals surface area contributed by atoms with Gasteiger partial charge >= 0.3 is 0 Å². The van der Waals surface area contributed by atoms with E-state index in [1.165, 1.54) is 5.69 Å². The van der Waals surface area contributed by atoms with Crippen LogP contribution in [0.4, 0.5) is 5.69 Å². The highest BCUT2D eigenvalue weighted by atomic mass is 16.2. The highest BCUT2D eigenvalue weighted by molar-refractivity contribution is 5.89. The lowest BCUT2D eigenvalue weighted by molar-refractivity contribution is -0.128. The number of hydrogen-bond donors (Lipinski definition) is 1. The summed E-state index contributed by atoms with van der Waals surface area (Å²) in [5.41, 5.74) is 1.25. The number of nitrogens with zero attached hydrogens (tertiary/aromatic N) is 2. The first kappa shape index (κ1) is 15.8. The molecule has 2 heterocycles. The van der Waals surface area contributed by atoms with Crippen LogP contribution in [0.1, 0.15) is 19.8 Å². The topological polar surface area (TPSA) is 52.7 Å². The normalized spacial score (nSPS) is 24.3. The Morgan fingerprint density at radius 1 is 1.26 bits per heavy atom. The molecule has 1 N–H and O–H groups in total. The number of amides is 2. The second-order valence-corrected chi connectivity index (χ2v) is 6.51. The minimum Gasteiger partial charge on any atom is -0.371 e. The summed E-state index contributed by atoms with van der Waals surface area (Å²) in [6, 6.07) is 10.4. The number of nitrogens with one attached hydrogen (secondary N) is 1. The first-order valence-electron chi connectivity index (χ1n) is 8.53. The second kappa shape index (κ2) is 7.02. The molecule has 5 heteroatoms. The average molecular weight is 315 g/mol. The molecule has 0 unspecified atom stereocenters. The van der Waals surface area contributed by atoms with Crippen molar-refractivity contribution in [3.8, 4) is 0 Å². The maximum Gasteiger partial charge on any atom is 0.225 e. The van der Waals surface area contributed by atoms with Crippen LogP contribution in [0.3, 0.4) is 0 Å². The van der Waals surface area contributed by atoms with Gasteiger partial charge in [0.1, 0.15) is 0 Å². The molecule has 2 aliphatic heterocycles. The van der Waals surface area contributed by atoms with E-state index in [0.717, 1.165) is 19.5 Å². The van der Waals surface area contributed by atoms with Gasteiger partial charge in [-0.3, -0.25) is 9.59 Å². The molecule has 0 saturated carbocycles. The Morgan fingerprint density at radius 3 is 2.74 bits per heavy atom. The SMILES string of the molecule is CCN1C[C@@H](C(=O)NC[C@H]2CCN(c3ccccc3)C2)CC1=O. The van der Waals surface area contributed by atoms with Crippen LogP contribution in [-0.2, 0) is 9.59 Å². The number of para-hydroxylation sites is 1. The van der Waals surface area contributed by atoms with Gasteiger partial charge in [0.2, 0.25) is 11.8 Å². The van der Waals surface area contributed by atoms with E-state index in [2.05, 4.69) is 34.5 Å². The van der Waals surface area contributed by atoms with Gasteiger partial charge in [-0.2, -0.15) is 0 Å². The number of carbonyl (C=O) groups is 2. The van der Waals surface area contributed by atoms with Crippen molar-refractivity contribution in [1.29, 1.82) is 0 Å². The summed E-state index contributed by atoms with van der Waals surface area (Å²) < 4.78 is 0. The average Bonchev–Trinajstić information content (AvgIpc) is 3.20. The molecule has 5 nitrogen and oxygen atoms in total. The summed E-state index contributed by atoms with van der Waals surface area (Å²) in [5.74, 6) is 0.448. The summed E-state index contributed by atoms with van der Waals surface area (Å²) in [6.07, 6.45) is 1.46. The molecular weight excluding hydrogens is 290 g/mol. The largest absolute Gasteiger partial charge is 0.371 e. The molecule has 0 aliphatic carbocycles. The summed E-state index contributed by atoms with van der Waals surface area (Å²) in [5, 5.41) is 3.06. The van der Waals surface area contributed by atoms with Gasteiger partial charge in [0.05, 0.1) is 5.92 Å². The smallest absolute Gasteiger partial charge is 0.225 e. The molecule has 2 amide bonds. The predicted octanol–water partition coefficient (Wildman–Crippen LogP) is 1.50. The molecule has 0 aromatic heterocycles. The van der Waals surface area contributed by atoms with Gasteiger partial charge < -0.3 is 15.1 Å². The van der Waals surface area contributed by atoms with Crippen LogP contribution >= 0.6 is 0 Å². The molecule has 2 saturated heterocycles. The molecule has 2 aliphatic rings. The Labute approximate surface area is 137 Å². The zero-order chi connectivity index (χ0) is 16.2. The molecule has 1 aromatic carbocycles. The molecule has 2 atom stereocenters. The Balaban J connectivity index is 1.45. The maximum atomic E-state index is 12.3. The standard InChI is InChI=1S/C18H25N3O2/c1-2-20-13-15(10-17(20)22)18(23)19-11-14-8-9-21(12-14)16-6-4-3-5-7-16/h3-7,14-15H,2,8-13H2,1H3,(H,19,23)/t14-,15+/m1/s1. The number of hydrogen-bond acceptors (Lipinski definition) is 3. The van der Waals surface area contributed by atoms with Crippen molar-refractivity contribution >= 4 is 17.5 Å². The lowest BCUT2D eigenvalue weighted by Crippen LogP contribution is -2.36. The van der Waals surface area contributed by atoms with Crippen molar-refractivity contribution in [2.45, 2.75) is 19.8 Å². The predicted molar refractivity (Wildman–Crippen MR) is 90.1 cm³/mol. The Kier molecular flexibility index (Phi) is 4.84. The van der Waals surface area contributed by atoms with Gasteiger partial charge in [0, 0.05) is 44.8 Å². The molecule has 23 heavy (non-hydrogen) atoms. The van der Waals surface area contributed by atoms with Gasteiger partial charge in [-0.1, -0.05) is 18.2 Å². The van der Waals surface area contributed by atoms with Gasteiger partial charge in [0.25, 0.3) is 0 Å². The molecule has 2 fully saturated rings. The molecular formula is C18H25N3O2. The lowest BCUT2D eigenvalue weighted by atomic mass is 10.1. The lowest BCUT2D eigenvalue weighted by Gasteiger charge is -2.19. The summed E-state index contributed by atoms with van der Waals surface area (Å²) in [4.78, 5) is 28.1. The van der Waals surface area contributed by atoms with Crippen molar-refractivity contribution in [3.63, 3.8) is 0 Å². The quantitative estimate of drug-likeness (QED) is 0.896. The van der Waals surface area contributed by atoms with E-state index in [-0.39, 0.29) is 17.7 Å². The van der Waals surface area contributed by atoms with Gasteiger partial charge in [-0.15, -0.1) is 0 Å². The van der Waals surface area contributed by atoms with Crippen molar-refractivity contribution in [2.24, 2.45) is 11.8 Å². The number of rotatable bonds is 5. The van der Waals surface area contributed by atoms with Crippen LogP contribution in [0.2, 0.25) is 0 Å². The van der Waals surface area contributed by atoms with E-state index in [9.17, 15) is 9.59 Å². The summed E-state index contributed by atoms with van der Waals surface area (Å²) in [6.45, 7) is 5.94. The van der Waals surface area contributed by atoms with Crippen molar-refractivity contribution in [1.82, 2.24) is 10.2 Å². The van der Waals surface area contributed by atoms with Crippen LogP contribution in [0, 0.1) is 11.8 Å². The maximum absolute atomic E-state index is 12.3. The number of likely N-dealkylation sites (tertiary alicyclic amines) is 1. The number of carbonyl (C=O) groups excluding carboxylic acids is 2. The Bertz CT molecular complexity index is 561. The van der Waals surface area contributed by atoms with Crippen molar-refractivity contribution in [3.05, 3.63) is 30.3 Å². The Hall–Kier alpha value is -2.04. The van der Waals surface area contributed by atoms with Gasteiger partial charge in [-0.05, 0) is 31.4 Å². The molecule has 0 bridgehead atoms. The summed E-state index contributed by atoms with van der Waals surface area (Å²) >= 11 is 0. The summed E-state index contributed by atoms with van der Waals surface area (Å²) in [7, 11) is 0. The molecule has 124 valence electrons. The third kappa shape index (κ3) is 3.66. The van der Waals surface area contributed by atoms with E-state index in [4.69, 9.17) is 0 Å². The van der Waals surface area contributed by atoms with E-state index >= 15 is 0 Å². The highest BCUT2D eigenvalue weighted by Crippen LogP contribution is 2.23. The first-order chi connectivity index (χ1) is 11.2. The first-order valence-corrected chi connectivity index (χ1v) is 8.53. The van der Waals surface area contributed by atoms with Gasteiger partial charge in [0.15, 0.2) is 0 Å². The fourth-order valence-electron chi connectivity index (χ4n) is 3.52. The van der Waals surface area contributed by atoms with Crippen LogP contribution in [0.25, 0.3) is 0 Å². The highest BCUT2D eigenvalue weighted by Gasteiger charge is 2.33. The molecule has 0 radical (unpaired) electrons. The monoisotopic (exact) mass is 315 g/mol. The van der Waals surface area contributed by atoms with Crippen LogP contribution in [0.15, 0.2) is 30.3 Å². The molecule has 3 rings (SSSR count). The minimum absolute atomic E-state index is 0.0347. The van der Waals surface area contributed by atoms with E-state index in [1.54, 1.807) is 4.90 Å². The fraction of sp³-hybridized carbons (Fsp3) is 0.556.